The number of ether oxygens (including phenoxy) is 1. The molecule has 0 aliphatic heterocycles. The molecule has 1 fully saturated rings. The van der Waals surface area contributed by atoms with Gasteiger partial charge in [0.15, 0.2) is 5.75 Å². The Bertz CT molecular complexity index is 465. The molecule has 1 N–H and O–H groups in total. The zero-order chi connectivity index (χ0) is 15.6. The molecule has 1 aliphatic carbocycles. The van der Waals surface area contributed by atoms with E-state index in [1.807, 2.05) is 6.20 Å². The monoisotopic (exact) mass is 293 g/mol. The zero-order valence-corrected chi connectivity index (χ0v) is 14.4. The van der Waals surface area contributed by atoms with Crippen LogP contribution in [0.25, 0.3) is 0 Å². The van der Waals surface area contributed by atoms with Crippen LogP contribution in [0.4, 0.5) is 0 Å². The van der Waals surface area contributed by atoms with Crippen molar-refractivity contribution >= 4 is 0 Å². The van der Waals surface area contributed by atoms with E-state index in [-0.39, 0.29) is 0 Å². The van der Waals surface area contributed by atoms with Gasteiger partial charge in [-0.3, -0.25) is 4.68 Å². The highest BCUT2D eigenvalue weighted by atomic mass is 16.5. The number of aromatic nitrogens is 2. The Balaban J connectivity index is 2.43. The second-order valence-electron chi connectivity index (χ2n) is 7.24. The molecule has 21 heavy (non-hydrogen) atoms. The third-order valence-electron chi connectivity index (χ3n) is 5.11. The minimum absolute atomic E-state index is 0.292. The number of rotatable bonds is 5. The van der Waals surface area contributed by atoms with Crippen LogP contribution in [-0.2, 0) is 0 Å². The van der Waals surface area contributed by atoms with Crippen molar-refractivity contribution in [2.24, 2.45) is 11.3 Å². The van der Waals surface area contributed by atoms with Crippen molar-refractivity contribution in [1.82, 2.24) is 15.1 Å². The first-order valence-electron chi connectivity index (χ1n) is 8.21. The van der Waals surface area contributed by atoms with Crippen LogP contribution in [-0.4, -0.2) is 23.9 Å². The third kappa shape index (κ3) is 3.10. The highest BCUT2D eigenvalue weighted by molar-refractivity contribution is 5.30. The van der Waals surface area contributed by atoms with Crippen molar-refractivity contribution < 1.29 is 4.74 Å². The summed E-state index contributed by atoms with van der Waals surface area (Å²) in [5.41, 5.74) is 1.55. The van der Waals surface area contributed by atoms with Crippen LogP contribution in [0.1, 0.15) is 71.2 Å². The summed E-state index contributed by atoms with van der Waals surface area (Å²) in [6.45, 7) is 9.16. The molecule has 1 saturated carbocycles. The number of nitrogens with one attached hydrogen (secondary N) is 1. The van der Waals surface area contributed by atoms with Gasteiger partial charge in [0.1, 0.15) is 0 Å². The second kappa shape index (κ2) is 6.39. The fourth-order valence-electron chi connectivity index (χ4n) is 3.89. The van der Waals surface area contributed by atoms with Gasteiger partial charge in [-0.2, -0.15) is 5.10 Å². The quantitative estimate of drug-likeness (QED) is 0.893. The van der Waals surface area contributed by atoms with E-state index in [9.17, 15) is 0 Å². The summed E-state index contributed by atoms with van der Waals surface area (Å²) < 4.78 is 7.71. The van der Waals surface area contributed by atoms with E-state index in [2.05, 4.69) is 49.8 Å². The SMILES string of the molecule is CNC(c1c(OC)cnn1C(C)C)C1CCCCC1(C)C. The van der Waals surface area contributed by atoms with E-state index in [1.165, 1.54) is 31.4 Å². The van der Waals surface area contributed by atoms with Crippen LogP contribution in [0.3, 0.4) is 0 Å². The Morgan fingerprint density at radius 3 is 2.62 bits per heavy atom. The summed E-state index contributed by atoms with van der Waals surface area (Å²) in [5, 5.41) is 8.11. The molecule has 2 unspecified atom stereocenters. The molecule has 4 heteroatoms. The first-order chi connectivity index (χ1) is 9.92. The molecule has 1 aromatic rings. The predicted molar refractivity (Wildman–Crippen MR) is 86.7 cm³/mol. The highest BCUT2D eigenvalue weighted by Crippen LogP contribution is 2.48. The Morgan fingerprint density at radius 2 is 2.10 bits per heavy atom. The fraction of sp³-hybridized carbons (Fsp3) is 0.824. The van der Waals surface area contributed by atoms with Gasteiger partial charge in [-0.1, -0.05) is 26.7 Å². The van der Waals surface area contributed by atoms with Crippen LogP contribution in [0.2, 0.25) is 0 Å². The van der Waals surface area contributed by atoms with Crippen LogP contribution < -0.4 is 10.1 Å². The van der Waals surface area contributed by atoms with Crippen molar-refractivity contribution in [2.45, 2.75) is 65.5 Å². The lowest BCUT2D eigenvalue weighted by atomic mass is 9.65. The topological polar surface area (TPSA) is 39.1 Å². The van der Waals surface area contributed by atoms with Crippen LogP contribution in [0.15, 0.2) is 6.20 Å². The predicted octanol–water partition coefficient (Wildman–Crippen LogP) is 3.95. The van der Waals surface area contributed by atoms with Crippen molar-refractivity contribution in [1.29, 1.82) is 0 Å². The van der Waals surface area contributed by atoms with Gasteiger partial charge < -0.3 is 10.1 Å². The Morgan fingerprint density at radius 1 is 1.38 bits per heavy atom. The molecule has 0 bridgehead atoms. The largest absolute Gasteiger partial charge is 0.493 e. The smallest absolute Gasteiger partial charge is 0.161 e. The molecule has 4 nitrogen and oxygen atoms in total. The summed E-state index contributed by atoms with van der Waals surface area (Å²) in [5.74, 6) is 1.52. The fourth-order valence-corrected chi connectivity index (χ4v) is 3.89. The molecule has 1 aliphatic rings. The normalized spacial score (nSPS) is 23.3. The van der Waals surface area contributed by atoms with Crippen molar-refractivity contribution in [2.75, 3.05) is 14.2 Å². The van der Waals surface area contributed by atoms with Crippen molar-refractivity contribution in [3.63, 3.8) is 0 Å². The van der Waals surface area contributed by atoms with Gasteiger partial charge in [0, 0.05) is 6.04 Å². The lowest BCUT2D eigenvalue weighted by molar-refractivity contribution is 0.0961. The van der Waals surface area contributed by atoms with Crippen LogP contribution >= 0.6 is 0 Å². The molecule has 0 spiro atoms. The number of hydrogen-bond donors (Lipinski definition) is 1. The van der Waals surface area contributed by atoms with Gasteiger partial charge in [-0.25, -0.2) is 0 Å². The molecule has 0 saturated heterocycles. The number of hydrogen-bond acceptors (Lipinski definition) is 3. The van der Waals surface area contributed by atoms with E-state index < -0.39 is 0 Å². The first kappa shape index (κ1) is 16.3. The lowest BCUT2D eigenvalue weighted by Gasteiger charge is -2.43. The molecule has 120 valence electrons. The maximum Gasteiger partial charge on any atom is 0.161 e. The Hall–Kier alpha value is -1.03. The minimum atomic E-state index is 0.292. The standard InChI is InChI=1S/C17H31N3O/c1-12(2)20-16(14(21-6)11-19-20)15(18-5)13-9-7-8-10-17(13,3)4/h11-13,15,18H,7-10H2,1-6H3. The Kier molecular flexibility index (Phi) is 4.97. The summed E-state index contributed by atoms with van der Waals surface area (Å²) in [6, 6.07) is 0.631. The van der Waals surface area contributed by atoms with Gasteiger partial charge in [-0.15, -0.1) is 0 Å². The second-order valence-corrected chi connectivity index (χ2v) is 7.24. The number of nitrogens with zero attached hydrogens (tertiary/aromatic N) is 2. The average molecular weight is 293 g/mol. The van der Waals surface area contributed by atoms with Gasteiger partial charge in [0.2, 0.25) is 0 Å². The van der Waals surface area contributed by atoms with E-state index >= 15 is 0 Å². The molecule has 0 radical (unpaired) electrons. The summed E-state index contributed by atoms with van der Waals surface area (Å²) in [7, 11) is 3.80. The van der Waals surface area contributed by atoms with E-state index in [1.54, 1.807) is 7.11 Å². The third-order valence-corrected chi connectivity index (χ3v) is 5.11. The maximum atomic E-state index is 5.59. The molecule has 1 heterocycles. The van der Waals surface area contributed by atoms with Crippen molar-refractivity contribution in [3.05, 3.63) is 11.9 Å². The molecular formula is C17H31N3O. The van der Waals surface area contributed by atoms with Gasteiger partial charge in [0.25, 0.3) is 0 Å². The Labute approximate surface area is 129 Å². The van der Waals surface area contributed by atoms with Gasteiger partial charge in [-0.05, 0) is 45.1 Å². The molecule has 0 amide bonds. The first-order valence-corrected chi connectivity index (χ1v) is 8.21. The molecule has 1 aromatic heterocycles. The van der Waals surface area contributed by atoms with E-state index in [0.717, 1.165) is 5.75 Å². The molecule has 2 atom stereocenters. The van der Waals surface area contributed by atoms with E-state index in [4.69, 9.17) is 4.74 Å². The highest BCUT2D eigenvalue weighted by Gasteiger charge is 2.40. The lowest BCUT2D eigenvalue weighted by Crippen LogP contribution is -2.39. The van der Waals surface area contributed by atoms with Gasteiger partial charge in [0.05, 0.1) is 25.0 Å². The van der Waals surface area contributed by atoms with Crippen LogP contribution in [0, 0.1) is 11.3 Å². The summed E-state index contributed by atoms with van der Waals surface area (Å²) >= 11 is 0. The molecular weight excluding hydrogens is 262 g/mol. The van der Waals surface area contributed by atoms with E-state index in [0.29, 0.717) is 23.4 Å². The zero-order valence-electron chi connectivity index (χ0n) is 14.4. The van der Waals surface area contributed by atoms with Gasteiger partial charge >= 0.3 is 0 Å². The minimum Gasteiger partial charge on any atom is -0.493 e. The number of methoxy groups -OCH3 is 1. The average Bonchev–Trinajstić information content (AvgIpc) is 2.85. The molecule has 2 rings (SSSR count). The molecule has 0 aromatic carbocycles. The van der Waals surface area contributed by atoms with Crippen LogP contribution in [0.5, 0.6) is 5.75 Å². The summed E-state index contributed by atoms with van der Waals surface area (Å²) in [4.78, 5) is 0. The van der Waals surface area contributed by atoms with Crippen molar-refractivity contribution in [3.8, 4) is 5.75 Å². The summed E-state index contributed by atoms with van der Waals surface area (Å²) in [6.07, 6.45) is 7.10. The maximum absolute atomic E-state index is 5.59.